The number of cyclic esters (lactones) is 1. The van der Waals surface area contributed by atoms with Gasteiger partial charge < -0.3 is 52.7 Å². The number of rotatable bonds is 18. The average Bonchev–Trinajstić information content (AvgIpc) is 1.78. The Bertz CT molecular complexity index is 3770. The highest BCUT2D eigenvalue weighted by molar-refractivity contribution is 7.94. The van der Waals surface area contributed by atoms with E-state index in [1.807, 2.05) is 62.5 Å². The van der Waals surface area contributed by atoms with Gasteiger partial charge in [-0.25, -0.2) is 22.5 Å². The summed E-state index contributed by atoms with van der Waals surface area (Å²) in [5.74, 6) is -2.57. The smallest absolute Gasteiger partial charge is 0.427 e. The Morgan fingerprint density at radius 1 is 0.969 bits per heavy atom. The van der Waals surface area contributed by atoms with E-state index in [4.69, 9.17) is 79.9 Å². The number of fused-ring (bicyclic) bond motifs is 1. The van der Waals surface area contributed by atoms with Crippen LogP contribution in [0.2, 0.25) is 5.02 Å². The molecule has 3 fully saturated rings. The van der Waals surface area contributed by atoms with Crippen molar-refractivity contribution in [2.24, 2.45) is 0 Å². The molecule has 4 amide bonds. The number of ether oxygens (including phenoxy) is 4. The van der Waals surface area contributed by atoms with Crippen LogP contribution in [0.5, 0.6) is 11.5 Å². The van der Waals surface area contributed by atoms with Crippen molar-refractivity contribution in [3.63, 3.8) is 0 Å². The zero-order valence-corrected chi connectivity index (χ0v) is 60.5. The number of nitrogens with one attached hydrogen (secondary N) is 1. The molecule has 3 N–H and O–H groups in total. The van der Waals surface area contributed by atoms with Crippen LogP contribution >= 0.6 is 54.0 Å². The molecule has 534 valence electrons. The van der Waals surface area contributed by atoms with E-state index in [-0.39, 0.29) is 75.1 Å². The minimum atomic E-state index is -4.71. The van der Waals surface area contributed by atoms with E-state index < -0.39 is 81.3 Å². The summed E-state index contributed by atoms with van der Waals surface area (Å²) in [7, 11) is -6.11. The van der Waals surface area contributed by atoms with Crippen molar-refractivity contribution < 1.29 is 97.7 Å². The fourth-order valence-electron chi connectivity index (χ4n) is 9.61. The number of aliphatic carboxylic acids is 1. The number of anilines is 3. The predicted octanol–water partition coefficient (Wildman–Crippen LogP) is 12.2. The van der Waals surface area contributed by atoms with Gasteiger partial charge in [0.25, 0.3) is 5.91 Å². The molecule has 3 heterocycles. The molecule has 1 aromatic heterocycles. The number of carboxylic acids is 1. The van der Waals surface area contributed by atoms with E-state index in [1.165, 1.54) is 12.3 Å². The van der Waals surface area contributed by atoms with Gasteiger partial charge in [0.05, 0.1) is 101 Å². The van der Waals surface area contributed by atoms with Crippen LogP contribution in [-0.2, 0) is 66.5 Å². The lowest BCUT2D eigenvalue weighted by atomic mass is 10.0. The van der Waals surface area contributed by atoms with Gasteiger partial charge in [-0.2, -0.15) is 13.2 Å². The third-order valence-corrected chi connectivity index (χ3v) is 16.7. The number of carboxylic acid groups (broad SMARTS) is 1. The third-order valence-electron chi connectivity index (χ3n) is 14.0. The lowest BCUT2D eigenvalue weighted by molar-refractivity contribution is -0.193. The fraction of sp³-hybridized carbons (Fsp3) is 0.453. The summed E-state index contributed by atoms with van der Waals surface area (Å²) in [4.78, 5) is 91.1. The molecule has 3 unspecified atom stereocenters. The first-order valence-corrected chi connectivity index (χ1v) is 37.7. The molecule has 1 saturated heterocycles. The molecule has 3 atom stereocenters. The van der Waals surface area contributed by atoms with Crippen LogP contribution in [-0.4, -0.2) is 146 Å². The molecule has 9 rings (SSSR count). The first-order chi connectivity index (χ1) is 45.3. The van der Waals surface area contributed by atoms with Crippen molar-refractivity contribution in [2.75, 3.05) is 78.8 Å². The van der Waals surface area contributed by atoms with Gasteiger partial charge in [-0.15, -0.1) is 11.6 Å². The molecule has 0 bridgehead atoms. The second kappa shape index (κ2) is 37.8. The number of para-hydroxylation sites is 3. The number of carbonyl (C=O) groups excluding carboxylic acids is 5. The number of imide groups is 1. The SMILES string of the molecule is CC(C)=C1OC(=O)N(c2cc(OC3CCCC3)c(Cl)cc2F)C1=O.CC1COc2ccccc2N1C(=O)C(Cl)Cl.CCc1cccc(C)c1N(C(=O)CCl)C(C)COC.CS(=O)(=O)c1cc(C(F)(F)F)ccc1C(=O)c1cnoc1C1CC1.C[S+](C)C.O=C(O)CNCP(=O)([O-])O. The second-order valence-corrected chi connectivity index (χ2v) is 30.7. The van der Waals surface area contributed by atoms with Crippen LogP contribution in [0.25, 0.3) is 0 Å². The topological polar surface area (TPSA) is 302 Å². The van der Waals surface area contributed by atoms with Crippen molar-refractivity contribution in [3.05, 3.63) is 135 Å². The first kappa shape index (κ1) is 83.1. The molecule has 0 spiro atoms. The number of carbonyl (C=O) groups is 6. The number of hydrogen-bond donors (Lipinski definition) is 3. The number of amides is 4. The summed E-state index contributed by atoms with van der Waals surface area (Å²) in [5, 5.41) is 13.6. The van der Waals surface area contributed by atoms with Gasteiger partial charge >= 0.3 is 24.1 Å². The van der Waals surface area contributed by atoms with Crippen LogP contribution in [0.3, 0.4) is 0 Å². The van der Waals surface area contributed by atoms with Gasteiger partial charge in [-0.3, -0.25) is 29.3 Å². The van der Waals surface area contributed by atoms with Gasteiger partial charge in [0.2, 0.25) is 5.91 Å². The molecule has 2 aliphatic carbocycles. The molecular formula is C64H78Cl4F4N5O17PS2. The highest BCUT2D eigenvalue weighted by atomic mass is 35.5. The quantitative estimate of drug-likeness (QED) is 0.0183. The maximum absolute atomic E-state index is 14.3. The van der Waals surface area contributed by atoms with E-state index in [1.54, 1.807) is 30.8 Å². The summed E-state index contributed by atoms with van der Waals surface area (Å²) >= 11 is 23.1. The monoisotopic (exact) mass is 1500 g/mol. The molecule has 0 radical (unpaired) electrons. The maximum atomic E-state index is 14.3. The lowest BCUT2D eigenvalue weighted by Crippen LogP contribution is -2.47. The van der Waals surface area contributed by atoms with Crippen LogP contribution in [0.4, 0.5) is 39.4 Å². The van der Waals surface area contributed by atoms with Crippen LogP contribution in [0.1, 0.15) is 117 Å². The number of ketones is 1. The van der Waals surface area contributed by atoms with Gasteiger partial charge in [-0.05, 0) is 144 Å². The summed E-state index contributed by atoms with van der Waals surface area (Å²) in [6, 6.07) is 17.7. The molecule has 2 saturated carbocycles. The van der Waals surface area contributed by atoms with E-state index >= 15 is 0 Å². The number of methoxy groups -OCH3 is 1. The highest BCUT2D eigenvalue weighted by Gasteiger charge is 2.41. The number of aromatic nitrogens is 1. The molecule has 4 aromatic carbocycles. The van der Waals surface area contributed by atoms with E-state index in [9.17, 15) is 64.2 Å². The van der Waals surface area contributed by atoms with Crippen LogP contribution in [0, 0.1) is 12.7 Å². The van der Waals surface area contributed by atoms with Gasteiger partial charge in [-0.1, -0.05) is 77.2 Å². The summed E-state index contributed by atoms with van der Waals surface area (Å²) < 4.78 is 113. The number of nitrogens with zero attached hydrogens (tertiary/aromatic N) is 4. The van der Waals surface area contributed by atoms with Gasteiger partial charge in [0, 0.05) is 30.9 Å². The van der Waals surface area contributed by atoms with Crippen molar-refractivity contribution in [1.29, 1.82) is 0 Å². The second-order valence-electron chi connectivity index (χ2n) is 22.9. The molecule has 97 heavy (non-hydrogen) atoms. The Kier molecular flexibility index (Phi) is 32.4. The molecule has 2 aliphatic heterocycles. The number of benzene rings is 4. The third kappa shape index (κ3) is 24.8. The molecule has 5 aromatic rings. The van der Waals surface area contributed by atoms with E-state index in [0.717, 1.165) is 85.8 Å². The highest BCUT2D eigenvalue weighted by Crippen LogP contribution is 2.43. The van der Waals surface area contributed by atoms with Gasteiger partial charge in [0.15, 0.2) is 32.0 Å². The number of allylic oxidation sites excluding steroid dienone is 1. The van der Waals surface area contributed by atoms with Crippen molar-refractivity contribution in [1.82, 2.24) is 10.5 Å². The Labute approximate surface area is 583 Å². The largest absolute Gasteiger partial charge is 0.778 e. The summed E-state index contributed by atoms with van der Waals surface area (Å²) in [6.45, 7) is 11.7. The Balaban J connectivity index is 0.000000260. The number of aryl methyl sites for hydroxylation is 2. The standard InChI is InChI=1S/C17H17ClFNO4.C15H22ClNO2.C15H12F3NO4S.C11H11Cl2NO2.C3H8NO5P.C3H9S/c1-9(2)15-16(21)20(17(22)24-15)13-8-14(11(18)7-12(13)19)23-10-5-3-4-6-10;1-5-13-8-6-7-11(2)15(13)17(14(18)9-16)12(3)10-19-4;1-24(21,22)12-6-9(15(16,17)18)4-5-10(12)13(20)11-7-19-23-14(11)8-2-3-8;1-7-6-16-9-5-3-2-4-8(9)14(7)11(15)10(12)13;5-3(6)1-4-2-10(7,8)9;1-4(2)3/h7-8,10H,3-6H2,1-2H3;6-8,12H,5,9-10H2,1-4H3;4-8H,2-3H2,1H3;2-5,7,10H,6H2,1H3;4H,1-2H2,(H,5,6)(H2,7,8,9);1-3H3/q;;;;;+1/p-1. The molecule has 22 nitrogen and oxygen atoms in total. The van der Waals surface area contributed by atoms with Crippen molar-refractivity contribution in [3.8, 4) is 11.5 Å². The lowest BCUT2D eigenvalue weighted by Gasteiger charge is -2.35. The van der Waals surface area contributed by atoms with E-state index in [0.29, 0.717) is 58.2 Å². The summed E-state index contributed by atoms with van der Waals surface area (Å²) in [5.41, 5.74) is 2.87. The number of sulfone groups is 1. The first-order valence-electron chi connectivity index (χ1n) is 29.8. The Morgan fingerprint density at radius 2 is 1.60 bits per heavy atom. The van der Waals surface area contributed by atoms with Gasteiger partial charge in [0.1, 0.15) is 37.4 Å². The predicted molar refractivity (Wildman–Crippen MR) is 363 cm³/mol. The molecule has 33 heteroatoms. The fourth-order valence-corrected chi connectivity index (χ4v) is 11.4. The summed E-state index contributed by atoms with van der Waals surface area (Å²) in [6.07, 6.45) is 8.61. The maximum Gasteiger partial charge on any atom is 0.427 e. The Morgan fingerprint density at radius 3 is 2.12 bits per heavy atom. The minimum absolute atomic E-state index is 0.00962. The molecule has 4 aliphatic rings. The van der Waals surface area contributed by atoms with Crippen LogP contribution in [0.15, 0.2) is 99.7 Å². The van der Waals surface area contributed by atoms with Crippen molar-refractivity contribution in [2.45, 2.75) is 127 Å². The average molecular weight is 1500 g/mol. The number of halogens is 8. The van der Waals surface area contributed by atoms with Crippen LogP contribution < -0.4 is 34.4 Å². The van der Waals surface area contributed by atoms with E-state index in [2.05, 4.69) is 36.9 Å². The minimum Gasteiger partial charge on any atom is -0.778 e. The zero-order chi connectivity index (χ0) is 73.0. The Hall–Kier alpha value is -6.30. The normalized spacial score (nSPS) is 16.0. The number of alkyl halides is 6. The number of hydrogen-bond acceptors (Lipinski definition) is 17. The zero-order valence-electron chi connectivity index (χ0n) is 55.0. The molecular weight excluding hydrogens is 1420 g/mol. The van der Waals surface area contributed by atoms with Crippen molar-refractivity contribution >= 4 is 127 Å².